The first kappa shape index (κ1) is 13.6. The molecular formula is C15H26N2O. The van der Waals surface area contributed by atoms with Crippen LogP contribution in [-0.2, 0) is 4.79 Å². The standard InChI is InChI=1S/C15H26N2O/c1-12-11-14(16)9-10-17(12)15(18)8-7-13-5-3-2-4-6-13/h7-8,12-14H,2-6,9-11,16H2,1H3/b8-7+. The lowest BCUT2D eigenvalue weighted by molar-refractivity contribution is -0.129. The maximum absolute atomic E-state index is 12.2. The second-order valence-electron chi connectivity index (χ2n) is 5.92. The van der Waals surface area contributed by atoms with E-state index in [-0.39, 0.29) is 18.0 Å². The van der Waals surface area contributed by atoms with Crippen LogP contribution in [0, 0.1) is 5.92 Å². The van der Waals surface area contributed by atoms with E-state index >= 15 is 0 Å². The lowest BCUT2D eigenvalue weighted by Crippen LogP contribution is -2.47. The molecule has 2 aliphatic rings. The van der Waals surface area contributed by atoms with Gasteiger partial charge in [-0.15, -0.1) is 0 Å². The molecule has 1 aliphatic heterocycles. The van der Waals surface area contributed by atoms with E-state index < -0.39 is 0 Å². The van der Waals surface area contributed by atoms with Crippen LogP contribution in [0.15, 0.2) is 12.2 Å². The molecular weight excluding hydrogens is 224 g/mol. The number of carbonyl (C=O) groups is 1. The Hall–Kier alpha value is -0.830. The maximum atomic E-state index is 12.2. The molecule has 2 fully saturated rings. The minimum atomic E-state index is 0.181. The van der Waals surface area contributed by atoms with Gasteiger partial charge in [-0.3, -0.25) is 4.79 Å². The molecule has 0 spiro atoms. The normalized spacial score (nSPS) is 30.9. The van der Waals surface area contributed by atoms with Crippen LogP contribution in [0.4, 0.5) is 0 Å². The SMILES string of the molecule is CC1CC(N)CCN1C(=O)/C=C/C1CCCCC1. The van der Waals surface area contributed by atoms with Crippen LogP contribution < -0.4 is 5.73 Å². The molecule has 1 aliphatic carbocycles. The largest absolute Gasteiger partial charge is 0.336 e. The van der Waals surface area contributed by atoms with Gasteiger partial charge in [0.1, 0.15) is 0 Å². The summed E-state index contributed by atoms with van der Waals surface area (Å²) >= 11 is 0. The van der Waals surface area contributed by atoms with Crippen molar-refractivity contribution in [2.45, 2.75) is 64.0 Å². The van der Waals surface area contributed by atoms with Gasteiger partial charge in [0.2, 0.25) is 5.91 Å². The first-order valence-electron chi connectivity index (χ1n) is 7.41. The second kappa shape index (κ2) is 6.37. The molecule has 18 heavy (non-hydrogen) atoms. The first-order chi connectivity index (χ1) is 8.66. The van der Waals surface area contributed by atoms with E-state index in [1.54, 1.807) is 0 Å². The van der Waals surface area contributed by atoms with Gasteiger partial charge in [-0.1, -0.05) is 25.3 Å². The number of piperidine rings is 1. The Bertz CT molecular complexity index is 308. The quantitative estimate of drug-likeness (QED) is 0.765. The Balaban J connectivity index is 1.85. The van der Waals surface area contributed by atoms with Gasteiger partial charge in [0.05, 0.1) is 0 Å². The second-order valence-corrected chi connectivity index (χ2v) is 5.92. The Kier molecular flexibility index (Phi) is 4.81. The summed E-state index contributed by atoms with van der Waals surface area (Å²) in [6, 6.07) is 0.559. The van der Waals surface area contributed by atoms with Crippen LogP contribution >= 0.6 is 0 Å². The van der Waals surface area contributed by atoms with Gasteiger partial charge in [0, 0.05) is 18.6 Å². The van der Waals surface area contributed by atoms with Gasteiger partial charge < -0.3 is 10.6 Å². The summed E-state index contributed by atoms with van der Waals surface area (Å²) in [5.41, 5.74) is 5.92. The van der Waals surface area contributed by atoms with E-state index in [4.69, 9.17) is 5.73 Å². The molecule has 0 radical (unpaired) electrons. The van der Waals surface area contributed by atoms with Crippen molar-refractivity contribution >= 4 is 5.91 Å². The van der Waals surface area contributed by atoms with E-state index in [1.165, 1.54) is 32.1 Å². The zero-order valence-electron chi connectivity index (χ0n) is 11.5. The highest BCUT2D eigenvalue weighted by molar-refractivity contribution is 5.87. The van der Waals surface area contributed by atoms with Gasteiger partial charge in [-0.25, -0.2) is 0 Å². The average molecular weight is 250 g/mol. The zero-order chi connectivity index (χ0) is 13.0. The van der Waals surface area contributed by atoms with Crippen molar-refractivity contribution in [3.8, 4) is 0 Å². The highest BCUT2D eigenvalue weighted by Gasteiger charge is 2.25. The van der Waals surface area contributed by atoms with Crippen molar-refractivity contribution in [3.63, 3.8) is 0 Å². The maximum Gasteiger partial charge on any atom is 0.246 e. The molecule has 0 aromatic carbocycles. The number of amides is 1. The van der Waals surface area contributed by atoms with E-state index in [9.17, 15) is 4.79 Å². The van der Waals surface area contributed by atoms with Gasteiger partial charge in [-0.2, -0.15) is 0 Å². The van der Waals surface area contributed by atoms with Crippen LogP contribution in [0.2, 0.25) is 0 Å². The van der Waals surface area contributed by atoms with Crippen LogP contribution in [0.5, 0.6) is 0 Å². The Morgan fingerprint density at radius 3 is 2.61 bits per heavy atom. The number of likely N-dealkylation sites (tertiary alicyclic amines) is 1. The summed E-state index contributed by atoms with van der Waals surface area (Å²) in [6.07, 6.45) is 12.3. The van der Waals surface area contributed by atoms with Crippen LogP contribution in [0.25, 0.3) is 0 Å². The molecule has 1 heterocycles. The molecule has 1 saturated heterocycles. The lowest BCUT2D eigenvalue weighted by atomic mass is 9.89. The third-order valence-electron chi connectivity index (χ3n) is 4.36. The van der Waals surface area contributed by atoms with Gasteiger partial charge in [-0.05, 0) is 44.6 Å². The predicted octanol–water partition coefficient (Wildman–Crippen LogP) is 2.46. The Morgan fingerprint density at radius 1 is 1.22 bits per heavy atom. The summed E-state index contributed by atoms with van der Waals surface area (Å²) < 4.78 is 0. The molecule has 0 bridgehead atoms. The van der Waals surface area contributed by atoms with E-state index in [1.807, 2.05) is 11.0 Å². The minimum Gasteiger partial charge on any atom is -0.336 e. The van der Waals surface area contributed by atoms with Crippen LogP contribution in [0.1, 0.15) is 51.9 Å². The highest BCUT2D eigenvalue weighted by Crippen LogP contribution is 2.25. The summed E-state index contributed by atoms with van der Waals surface area (Å²) in [5, 5.41) is 0. The van der Waals surface area contributed by atoms with Gasteiger partial charge in [0.15, 0.2) is 0 Å². The third kappa shape index (κ3) is 3.58. The fourth-order valence-corrected chi connectivity index (χ4v) is 3.18. The highest BCUT2D eigenvalue weighted by atomic mass is 16.2. The van der Waals surface area contributed by atoms with Crippen molar-refractivity contribution in [2.24, 2.45) is 11.7 Å². The number of hydrogen-bond acceptors (Lipinski definition) is 2. The molecule has 2 N–H and O–H groups in total. The molecule has 2 unspecified atom stereocenters. The first-order valence-corrected chi connectivity index (χ1v) is 7.41. The fourth-order valence-electron chi connectivity index (χ4n) is 3.18. The number of allylic oxidation sites excluding steroid dienone is 1. The van der Waals surface area contributed by atoms with E-state index in [0.29, 0.717) is 5.92 Å². The smallest absolute Gasteiger partial charge is 0.246 e. The van der Waals surface area contributed by atoms with E-state index in [0.717, 1.165) is 19.4 Å². The molecule has 1 saturated carbocycles. The predicted molar refractivity (Wildman–Crippen MR) is 74.1 cm³/mol. The van der Waals surface area contributed by atoms with E-state index in [2.05, 4.69) is 13.0 Å². The van der Waals surface area contributed by atoms with Gasteiger partial charge in [0.25, 0.3) is 0 Å². The molecule has 2 rings (SSSR count). The number of hydrogen-bond donors (Lipinski definition) is 1. The zero-order valence-corrected chi connectivity index (χ0v) is 11.5. The number of rotatable bonds is 2. The molecule has 3 heteroatoms. The van der Waals surface area contributed by atoms with Crippen LogP contribution in [-0.4, -0.2) is 29.4 Å². The summed E-state index contributed by atoms with van der Waals surface area (Å²) in [5.74, 6) is 0.810. The molecule has 0 aromatic rings. The summed E-state index contributed by atoms with van der Waals surface area (Å²) in [4.78, 5) is 14.1. The molecule has 3 nitrogen and oxygen atoms in total. The van der Waals surface area contributed by atoms with Crippen molar-refractivity contribution in [2.75, 3.05) is 6.54 Å². The molecule has 0 aromatic heterocycles. The third-order valence-corrected chi connectivity index (χ3v) is 4.36. The number of nitrogens with two attached hydrogens (primary N) is 1. The number of nitrogens with zero attached hydrogens (tertiary/aromatic N) is 1. The topological polar surface area (TPSA) is 46.3 Å². The lowest BCUT2D eigenvalue weighted by Gasteiger charge is -2.35. The van der Waals surface area contributed by atoms with Crippen molar-refractivity contribution < 1.29 is 4.79 Å². The van der Waals surface area contributed by atoms with Crippen molar-refractivity contribution in [1.29, 1.82) is 0 Å². The fraction of sp³-hybridized carbons (Fsp3) is 0.800. The summed E-state index contributed by atoms with van der Waals surface area (Å²) in [6.45, 7) is 2.92. The molecule has 102 valence electrons. The molecule has 2 atom stereocenters. The minimum absolute atomic E-state index is 0.181. The summed E-state index contributed by atoms with van der Waals surface area (Å²) in [7, 11) is 0. The van der Waals surface area contributed by atoms with Gasteiger partial charge >= 0.3 is 0 Å². The van der Waals surface area contributed by atoms with Crippen LogP contribution in [0.3, 0.4) is 0 Å². The Morgan fingerprint density at radius 2 is 1.94 bits per heavy atom. The molecule has 1 amide bonds. The van der Waals surface area contributed by atoms with Crippen molar-refractivity contribution in [1.82, 2.24) is 4.90 Å². The Labute approximate surface area is 110 Å². The average Bonchev–Trinajstić information content (AvgIpc) is 2.37. The number of carbonyl (C=O) groups excluding carboxylic acids is 1. The monoisotopic (exact) mass is 250 g/mol. The van der Waals surface area contributed by atoms with Crippen molar-refractivity contribution in [3.05, 3.63) is 12.2 Å².